The Morgan fingerprint density at radius 1 is 0.727 bits per heavy atom. The summed E-state index contributed by atoms with van der Waals surface area (Å²) >= 11 is 0. The summed E-state index contributed by atoms with van der Waals surface area (Å²) in [7, 11) is -16.0. The second-order valence-corrected chi connectivity index (χ2v) is 8.16. The van der Waals surface area contributed by atoms with Gasteiger partial charge in [-0.1, -0.05) is 24.3 Å². The van der Waals surface area contributed by atoms with E-state index in [4.69, 9.17) is 9.11 Å². The average Bonchev–Trinajstić information content (AvgIpc) is 2.33. The Bertz CT molecular complexity index is 1080. The highest BCUT2D eigenvalue weighted by Gasteiger charge is 2.34. The maximum atomic E-state index is 11.5. The maximum Gasteiger partial charge on any atom is 0.297 e. The third-order valence-electron chi connectivity index (χ3n) is 2.61. The molecule has 1 radical (unpaired) electrons. The summed E-state index contributed by atoms with van der Waals surface area (Å²) in [5.74, 6) is 0. The Morgan fingerprint density at radius 2 is 1.23 bits per heavy atom. The van der Waals surface area contributed by atoms with Crippen LogP contribution >= 0.6 is 0 Å². The van der Waals surface area contributed by atoms with Crippen molar-refractivity contribution in [3.8, 4) is 0 Å². The fourth-order valence-electron chi connectivity index (χ4n) is 1.87. The van der Waals surface area contributed by atoms with Gasteiger partial charge in [0.25, 0.3) is 30.4 Å². The van der Waals surface area contributed by atoms with Crippen molar-refractivity contribution in [2.24, 2.45) is 0 Å². The summed E-state index contributed by atoms with van der Waals surface area (Å²) in [4.78, 5) is -4.52. The van der Waals surface area contributed by atoms with Gasteiger partial charge >= 0.3 is 0 Å². The zero-order valence-electron chi connectivity index (χ0n) is 10.3. The third kappa shape index (κ3) is 2.97. The Labute approximate surface area is 125 Å². The second-order valence-electron chi connectivity index (χ2n) is 4.08. The van der Waals surface area contributed by atoms with Crippen LogP contribution < -0.4 is 0 Å². The largest absolute Gasteiger partial charge is 0.297 e. The minimum absolute atomic E-state index is 0.213. The van der Waals surface area contributed by atoms with Crippen LogP contribution in [0.4, 0.5) is 0 Å². The maximum absolute atomic E-state index is 11.5. The second kappa shape index (κ2) is 4.97. The molecule has 0 saturated carbocycles. The molecule has 0 aliphatic heterocycles. The van der Waals surface area contributed by atoms with Crippen LogP contribution in [0, 0.1) is 6.07 Å². The molecule has 3 N–H and O–H groups in total. The van der Waals surface area contributed by atoms with Crippen LogP contribution in [0.1, 0.15) is 0 Å². The lowest BCUT2D eigenvalue weighted by atomic mass is 10.1. The van der Waals surface area contributed by atoms with E-state index < -0.39 is 50.4 Å². The predicted octanol–water partition coefficient (Wildman–Crippen LogP) is 0.380. The molecule has 119 valence electrons. The van der Waals surface area contributed by atoms with E-state index in [-0.39, 0.29) is 5.39 Å². The molecule has 9 nitrogen and oxygen atoms in total. The zero-order chi connectivity index (χ0) is 16.9. The van der Waals surface area contributed by atoms with E-state index in [0.717, 1.165) is 6.07 Å². The summed E-state index contributed by atoms with van der Waals surface area (Å²) in [6.07, 6.45) is 0. The topological polar surface area (TPSA) is 163 Å². The first kappa shape index (κ1) is 16.8. The highest BCUT2D eigenvalue weighted by molar-refractivity contribution is 7.90. The molecule has 0 saturated heterocycles. The fourth-order valence-corrected chi connectivity index (χ4v) is 5.19. The molecular formula is C10H7O9S3. The standard InChI is InChI=1S/C10H7O9S3/c11-20(12,13)8-5-6-3-1-2-4-7(6)9(21(14,15)16)10(8)22(17,18)19/h1-4H,(H,11,12,13)(H,14,15,16)(H,17,18,19). The van der Waals surface area contributed by atoms with Crippen LogP contribution in [-0.4, -0.2) is 38.9 Å². The Balaban J connectivity index is 3.32. The Hall–Kier alpha value is -1.57. The number of hydrogen-bond donors (Lipinski definition) is 3. The van der Waals surface area contributed by atoms with E-state index in [0.29, 0.717) is 0 Å². The first-order valence-electron chi connectivity index (χ1n) is 5.24. The number of benzene rings is 2. The SMILES string of the molecule is O=S(=O)(O)c1[c]c2ccccc2c(S(=O)(=O)O)c1S(=O)(=O)O. The molecule has 2 aromatic carbocycles. The molecule has 0 aliphatic carbocycles. The third-order valence-corrected chi connectivity index (χ3v) is 5.55. The molecule has 0 heterocycles. The highest BCUT2D eigenvalue weighted by atomic mass is 32.2. The van der Waals surface area contributed by atoms with E-state index in [9.17, 15) is 29.8 Å². The van der Waals surface area contributed by atoms with E-state index in [1.54, 1.807) is 0 Å². The van der Waals surface area contributed by atoms with Gasteiger partial charge in [0.05, 0.1) is 0 Å². The van der Waals surface area contributed by atoms with Crippen LogP contribution in [0.25, 0.3) is 10.8 Å². The minimum Gasteiger partial charge on any atom is -0.282 e. The monoisotopic (exact) mass is 367 g/mol. The van der Waals surface area contributed by atoms with Crippen LogP contribution in [0.5, 0.6) is 0 Å². The molecule has 12 heteroatoms. The first-order valence-corrected chi connectivity index (χ1v) is 9.56. The van der Waals surface area contributed by atoms with Crippen molar-refractivity contribution < 1.29 is 38.9 Å². The molecule has 0 aromatic heterocycles. The first-order chi connectivity index (χ1) is 9.83. The normalized spacial score (nSPS) is 13.4. The average molecular weight is 367 g/mol. The lowest BCUT2D eigenvalue weighted by Gasteiger charge is -2.12. The fraction of sp³-hybridized carbons (Fsp3) is 0. The number of rotatable bonds is 3. The molecule has 0 fully saturated rings. The summed E-state index contributed by atoms with van der Waals surface area (Å²) in [5.41, 5.74) is 0. The van der Waals surface area contributed by atoms with Crippen LogP contribution in [0.2, 0.25) is 0 Å². The molecule has 0 bridgehead atoms. The van der Waals surface area contributed by atoms with Gasteiger partial charge < -0.3 is 0 Å². The van der Waals surface area contributed by atoms with Crippen molar-refractivity contribution in [3.05, 3.63) is 30.3 Å². The molecule has 0 unspecified atom stereocenters. The molecule has 2 rings (SSSR count). The van der Waals surface area contributed by atoms with Crippen molar-refractivity contribution in [1.29, 1.82) is 0 Å². The van der Waals surface area contributed by atoms with Gasteiger partial charge in [-0.2, -0.15) is 25.3 Å². The summed E-state index contributed by atoms with van der Waals surface area (Å²) in [6.45, 7) is 0. The van der Waals surface area contributed by atoms with Crippen molar-refractivity contribution in [1.82, 2.24) is 0 Å². The van der Waals surface area contributed by atoms with Gasteiger partial charge in [-0.05, 0) is 5.39 Å². The number of hydrogen-bond acceptors (Lipinski definition) is 6. The van der Waals surface area contributed by atoms with Gasteiger partial charge in [-0.15, -0.1) is 0 Å². The van der Waals surface area contributed by atoms with Gasteiger partial charge in [-0.3, -0.25) is 13.7 Å². The van der Waals surface area contributed by atoms with Crippen molar-refractivity contribution in [2.45, 2.75) is 14.7 Å². The summed E-state index contributed by atoms with van der Waals surface area (Å²) in [5, 5.41) is -0.611. The zero-order valence-corrected chi connectivity index (χ0v) is 12.8. The summed E-state index contributed by atoms with van der Waals surface area (Å²) in [6, 6.07) is 6.88. The van der Waals surface area contributed by atoms with Gasteiger partial charge in [0.15, 0.2) is 0 Å². The Morgan fingerprint density at radius 3 is 1.68 bits per heavy atom. The van der Waals surface area contributed by atoms with E-state index in [2.05, 4.69) is 0 Å². The molecule has 22 heavy (non-hydrogen) atoms. The predicted molar refractivity (Wildman–Crippen MR) is 72.2 cm³/mol. The summed E-state index contributed by atoms with van der Waals surface area (Å²) < 4.78 is 95.8. The molecule has 0 atom stereocenters. The van der Waals surface area contributed by atoms with Gasteiger partial charge in [0, 0.05) is 11.5 Å². The smallest absolute Gasteiger partial charge is 0.282 e. The van der Waals surface area contributed by atoms with Crippen molar-refractivity contribution in [2.75, 3.05) is 0 Å². The molecule has 0 aliphatic rings. The lowest BCUT2D eigenvalue weighted by molar-refractivity contribution is 0.457. The van der Waals surface area contributed by atoms with Crippen LogP contribution in [0.15, 0.2) is 39.0 Å². The van der Waals surface area contributed by atoms with Gasteiger partial charge in [-0.25, -0.2) is 0 Å². The Kier molecular flexibility index (Phi) is 3.80. The van der Waals surface area contributed by atoms with Crippen LogP contribution in [0.3, 0.4) is 0 Å². The number of fused-ring (bicyclic) bond motifs is 1. The van der Waals surface area contributed by atoms with E-state index >= 15 is 0 Å². The molecule has 0 spiro atoms. The minimum atomic E-state index is -5.43. The van der Waals surface area contributed by atoms with E-state index in [1.165, 1.54) is 18.2 Å². The quantitative estimate of drug-likeness (QED) is 0.650. The van der Waals surface area contributed by atoms with Gasteiger partial charge in [0.2, 0.25) is 0 Å². The van der Waals surface area contributed by atoms with E-state index in [1.807, 2.05) is 6.07 Å². The van der Waals surface area contributed by atoms with Gasteiger partial charge in [0.1, 0.15) is 14.7 Å². The molecule has 0 amide bonds. The van der Waals surface area contributed by atoms with Crippen molar-refractivity contribution >= 4 is 41.1 Å². The highest BCUT2D eigenvalue weighted by Crippen LogP contribution is 2.34. The van der Waals surface area contributed by atoms with Crippen molar-refractivity contribution in [3.63, 3.8) is 0 Å². The lowest BCUT2D eigenvalue weighted by Crippen LogP contribution is -2.15. The van der Waals surface area contributed by atoms with Crippen LogP contribution in [-0.2, 0) is 30.4 Å². The molecular weight excluding hydrogens is 360 g/mol. The molecule has 2 aromatic rings.